The number of rotatable bonds is 45. The number of allylic oxidation sites excluding steroid dienone is 2. The van der Waals surface area contributed by atoms with Gasteiger partial charge in [0.05, 0.1) is 0 Å². The molecule has 0 amide bonds. The Balaban J connectivity index is 4.23. The molecule has 0 bridgehead atoms. The molecule has 0 aromatic rings. The fraction of sp³-hybridized carbons (Fsp3) is 0.900. The molecule has 1 unspecified atom stereocenters. The molecule has 56 heavy (non-hydrogen) atoms. The summed E-state index contributed by atoms with van der Waals surface area (Å²) in [5, 5.41) is 0. The van der Waals surface area contributed by atoms with Crippen LogP contribution in [0.2, 0.25) is 0 Å². The van der Waals surface area contributed by atoms with Crippen molar-refractivity contribution in [1.82, 2.24) is 0 Å². The molecule has 1 atom stereocenters. The fourth-order valence-corrected chi connectivity index (χ4v) is 7.27. The predicted molar refractivity (Wildman–Crippen MR) is 238 cm³/mol. The van der Waals surface area contributed by atoms with Crippen molar-refractivity contribution in [3.8, 4) is 0 Å². The highest BCUT2D eigenvalue weighted by molar-refractivity contribution is 5.71. The molecule has 0 N–H and O–H groups in total. The van der Waals surface area contributed by atoms with Gasteiger partial charge in [-0.05, 0) is 38.5 Å². The van der Waals surface area contributed by atoms with Crippen LogP contribution in [0.3, 0.4) is 0 Å². The molecule has 6 heteroatoms. The molecule has 0 aliphatic rings. The molecule has 0 radical (unpaired) electrons. The highest BCUT2D eigenvalue weighted by atomic mass is 16.6. The summed E-state index contributed by atoms with van der Waals surface area (Å²) in [5.41, 5.74) is 0. The monoisotopic (exact) mass is 791 g/mol. The van der Waals surface area contributed by atoms with E-state index in [9.17, 15) is 14.4 Å². The summed E-state index contributed by atoms with van der Waals surface area (Å²) in [5.74, 6) is -0.869. The quantitative estimate of drug-likeness (QED) is 0.0264. The third-order valence-corrected chi connectivity index (χ3v) is 11.0. The van der Waals surface area contributed by atoms with Crippen molar-refractivity contribution in [2.45, 2.75) is 277 Å². The first-order valence-corrected chi connectivity index (χ1v) is 24.7. The minimum absolute atomic E-state index is 0.0687. The van der Waals surface area contributed by atoms with E-state index in [1.54, 1.807) is 0 Å². The Kier molecular flexibility index (Phi) is 44.3. The zero-order valence-corrected chi connectivity index (χ0v) is 37.7. The number of carbonyl (C=O) groups is 3. The zero-order valence-electron chi connectivity index (χ0n) is 37.7. The molecule has 0 saturated carbocycles. The van der Waals surface area contributed by atoms with Gasteiger partial charge in [0.2, 0.25) is 0 Å². The summed E-state index contributed by atoms with van der Waals surface area (Å²) in [6, 6.07) is 0. The molecule has 330 valence electrons. The lowest BCUT2D eigenvalue weighted by molar-refractivity contribution is -0.167. The Hall–Kier alpha value is -1.85. The van der Waals surface area contributed by atoms with E-state index in [1.165, 1.54) is 161 Å². The van der Waals surface area contributed by atoms with Crippen LogP contribution in [0.4, 0.5) is 0 Å². The van der Waals surface area contributed by atoms with Gasteiger partial charge >= 0.3 is 17.9 Å². The Morgan fingerprint density at radius 2 is 0.625 bits per heavy atom. The van der Waals surface area contributed by atoms with Gasteiger partial charge in [-0.3, -0.25) is 14.4 Å². The largest absolute Gasteiger partial charge is 0.462 e. The lowest BCUT2D eigenvalue weighted by Gasteiger charge is -2.18. The maximum absolute atomic E-state index is 12.7. The third-order valence-electron chi connectivity index (χ3n) is 11.0. The van der Waals surface area contributed by atoms with Crippen LogP contribution in [0, 0.1) is 0 Å². The Morgan fingerprint density at radius 1 is 0.339 bits per heavy atom. The van der Waals surface area contributed by atoms with Crippen molar-refractivity contribution < 1.29 is 28.6 Å². The van der Waals surface area contributed by atoms with E-state index >= 15 is 0 Å². The Morgan fingerprint density at radius 3 is 0.964 bits per heavy atom. The summed E-state index contributed by atoms with van der Waals surface area (Å²) < 4.78 is 16.7. The van der Waals surface area contributed by atoms with E-state index in [2.05, 4.69) is 32.9 Å². The fourth-order valence-electron chi connectivity index (χ4n) is 7.27. The van der Waals surface area contributed by atoms with Gasteiger partial charge in [-0.15, -0.1) is 0 Å². The van der Waals surface area contributed by atoms with Crippen LogP contribution in [0.25, 0.3) is 0 Å². The van der Waals surface area contributed by atoms with Gasteiger partial charge in [-0.2, -0.15) is 0 Å². The molecule has 0 aromatic carbocycles. The Bertz CT molecular complexity index is 870. The topological polar surface area (TPSA) is 78.9 Å². The molecular formula is C50H94O6. The van der Waals surface area contributed by atoms with Gasteiger partial charge in [-0.25, -0.2) is 0 Å². The second-order valence-electron chi connectivity index (χ2n) is 16.7. The van der Waals surface area contributed by atoms with Crippen LogP contribution in [0.15, 0.2) is 12.2 Å². The first-order chi connectivity index (χ1) is 27.5. The van der Waals surface area contributed by atoms with Gasteiger partial charge in [0, 0.05) is 19.3 Å². The van der Waals surface area contributed by atoms with Crippen molar-refractivity contribution in [1.29, 1.82) is 0 Å². The SMILES string of the molecule is CCC/C=C\CCCCCCCC(=O)OC(COC(=O)CCCCCCCCCCCC)COC(=O)CCCCCCCCCCCCCCCCCCCC. The average molecular weight is 791 g/mol. The second-order valence-corrected chi connectivity index (χ2v) is 16.7. The molecule has 0 saturated heterocycles. The van der Waals surface area contributed by atoms with Crippen LogP contribution in [-0.4, -0.2) is 37.2 Å². The maximum Gasteiger partial charge on any atom is 0.306 e. The van der Waals surface area contributed by atoms with E-state index in [4.69, 9.17) is 14.2 Å². The van der Waals surface area contributed by atoms with Crippen molar-refractivity contribution >= 4 is 17.9 Å². The molecule has 0 spiro atoms. The number of unbranched alkanes of at least 4 members (excludes halogenated alkanes) is 32. The first-order valence-electron chi connectivity index (χ1n) is 24.7. The van der Waals surface area contributed by atoms with Crippen molar-refractivity contribution in [2.24, 2.45) is 0 Å². The average Bonchev–Trinajstić information content (AvgIpc) is 3.19. The van der Waals surface area contributed by atoms with Crippen LogP contribution < -0.4 is 0 Å². The van der Waals surface area contributed by atoms with Crippen LogP contribution in [0.5, 0.6) is 0 Å². The van der Waals surface area contributed by atoms with Gasteiger partial charge < -0.3 is 14.2 Å². The summed E-state index contributed by atoms with van der Waals surface area (Å²) in [7, 11) is 0. The number of hydrogen-bond acceptors (Lipinski definition) is 6. The smallest absolute Gasteiger partial charge is 0.306 e. The molecule has 0 aromatic heterocycles. The van der Waals surface area contributed by atoms with Crippen molar-refractivity contribution in [2.75, 3.05) is 13.2 Å². The van der Waals surface area contributed by atoms with Crippen molar-refractivity contribution in [3.63, 3.8) is 0 Å². The minimum Gasteiger partial charge on any atom is -0.462 e. The maximum atomic E-state index is 12.7. The molecular weight excluding hydrogens is 697 g/mol. The van der Waals surface area contributed by atoms with Crippen LogP contribution in [0.1, 0.15) is 271 Å². The Labute approximate surface area is 348 Å². The van der Waals surface area contributed by atoms with Gasteiger partial charge in [0.15, 0.2) is 6.10 Å². The summed E-state index contributed by atoms with van der Waals surface area (Å²) in [6.45, 7) is 6.58. The standard InChI is InChI=1S/C50H94O6/c1-4-7-10-13-16-19-22-23-24-25-26-27-28-29-32-34-37-40-43-49(52)55-46-47(56-50(53)44-41-38-35-31-21-18-15-12-9-6-3)45-54-48(51)42-39-36-33-30-20-17-14-11-8-5-2/h12,15,47H,4-11,13-14,16-46H2,1-3H3/b15-12-. The molecule has 0 heterocycles. The van der Waals surface area contributed by atoms with E-state index in [1.807, 2.05) is 0 Å². The zero-order chi connectivity index (χ0) is 40.8. The second kappa shape index (κ2) is 45.8. The molecule has 0 fully saturated rings. The first kappa shape index (κ1) is 54.2. The highest BCUT2D eigenvalue weighted by Gasteiger charge is 2.19. The van der Waals surface area contributed by atoms with E-state index in [0.717, 1.165) is 70.6 Å². The number of carbonyl (C=O) groups excluding carboxylic acids is 3. The summed E-state index contributed by atoms with van der Waals surface area (Å²) in [6.07, 6.45) is 49.2. The molecule has 6 nitrogen and oxygen atoms in total. The van der Waals surface area contributed by atoms with Crippen LogP contribution >= 0.6 is 0 Å². The normalized spacial score (nSPS) is 12.0. The van der Waals surface area contributed by atoms with E-state index < -0.39 is 6.10 Å². The number of esters is 3. The molecule has 0 rings (SSSR count). The van der Waals surface area contributed by atoms with Crippen molar-refractivity contribution in [3.05, 3.63) is 12.2 Å². The van der Waals surface area contributed by atoms with Crippen LogP contribution in [-0.2, 0) is 28.6 Å². The van der Waals surface area contributed by atoms with E-state index in [-0.39, 0.29) is 31.1 Å². The summed E-state index contributed by atoms with van der Waals surface area (Å²) in [4.78, 5) is 37.7. The minimum atomic E-state index is -0.765. The van der Waals surface area contributed by atoms with Gasteiger partial charge in [0.25, 0.3) is 0 Å². The number of ether oxygens (including phenoxy) is 3. The van der Waals surface area contributed by atoms with E-state index in [0.29, 0.717) is 19.3 Å². The predicted octanol–water partition coefficient (Wildman–Crippen LogP) is 15.8. The highest BCUT2D eigenvalue weighted by Crippen LogP contribution is 2.16. The molecule has 0 aliphatic carbocycles. The summed E-state index contributed by atoms with van der Waals surface area (Å²) >= 11 is 0. The van der Waals surface area contributed by atoms with Gasteiger partial charge in [-0.1, -0.05) is 226 Å². The molecule has 0 aliphatic heterocycles. The lowest BCUT2D eigenvalue weighted by atomic mass is 10.0. The third kappa shape index (κ3) is 43.3. The lowest BCUT2D eigenvalue weighted by Crippen LogP contribution is -2.30. The van der Waals surface area contributed by atoms with Gasteiger partial charge in [0.1, 0.15) is 13.2 Å². The number of hydrogen-bond donors (Lipinski definition) is 0.